The second kappa shape index (κ2) is 7.99. The summed E-state index contributed by atoms with van der Waals surface area (Å²) in [6.45, 7) is 5.90. The van der Waals surface area contributed by atoms with E-state index in [1.54, 1.807) is 0 Å². The van der Waals surface area contributed by atoms with Gasteiger partial charge in [-0.15, -0.1) is 0 Å². The van der Waals surface area contributed by atoms with Crippen molar-refractivity contribution in [3.8, 4) is 0 Å². The van der Waals surface area contributed by atoms with Gasteiger partial charge in [0.2, 0.25) is 0 Å². The molecule has 4 rings (SSSR count). The fourth-order valence-electron chi connectivity index (χ4n) is 7.42. The van der Waals surface area contributed by atoms with E-state index in [0.29, 0.717) is 24.2 Å². The lowest BCUT2D eigenvalue weighted by Crippen LogP contribution is -2.52. The zero-order valence-corrected chi connectivity index (χ0v) is 21.1. The predicted molar refractivity (Wildman–Crippen MR) is 122 cm³/mol. The number of Topliss-reactive ketones (excluding diaryl/α,β-unsaturated/α-hetero) is 1. The van der Waals surface area contributed by atoms with Gasteiger partial charge in [-0.2, -0.15) is 0 Å². The summed E-state index contributed by atoms with van der Waals surface area (Å²) in [6, 6.07) is 0. The Labute approximate surface area is 195 Å². The highest BCUT2D eigenvalue weighted by Crippen LogP contribution is 2.68. The van der Waals surface area contributed by atoms with Crippen molar-refractivity contribution in [3.63, 3.8) is 0 Å². The summed E-state index contributed by atoms with van der Waals surface area (Å²) in [7, 11) is 0. The summed E-state index contributed by atoms with van der Waals surface area (Å²) >= 11 is 7.31. The van der Waals surface area contributed by atoms with Gasteiger partial charge in [0.25, 0.3) is 0 Å². The summed E-state index contributed by atoms with van der Waals surface area (Å²) in [4.78, 5) is 36.4. The molecule has 0 spiro atoms. The van der Waals surface area contributed by atoms with Gasteiger partial charge < -0.3 is 4.74 Å². The molecular formula is C24H30Br2O4. The van der Waals surface area contributed by atoms with E-state index in [2.05, 4.69) is 45.7 Å². The molecule has 0 N–H and O–H groups in total. The maximum Gasteiger partial charge on any atom is 0.303 e. The molecule has 0 aromatic rings. The van der Waals surface area contributed by atoms with Gasteiger partial charge in [-0.05, 0) is 116 Å². The molecule has 0 radical (unpaired) electrons. The molecular weight excluding hydrogens is 512 g/mol. The quantitative estimate of drug-likeness (QED) is 0.419. The zero-order chi connectivity index (χ0) is 21.8. The molecule has 4 aliphatic carbocycles. The van der Waals surface area contributed by atoms with Crippen LogP contribution in [0.3, 0.4) is 0 Å². The SMILES string of the molecule is CC(=O)OCC(=O)C1CCC2C3CC(=C(Br)Br)C4=CC(=O)CCC4(C)C3CCC12C. The Balaban J connectivity index is 1.66. The molecule has 6 atom stereocenters. The van der Waals surface area contributed by atoms with Gasteiger partial charge in [0, 0.05) is 19.3 Å². The van der Waals surface area contributed by atoms with Gasteiger partial charge in [-0.25, -0.2) is 0 Å². The van der Waals surface area contributed by atoms with E-state index in [4.69, 9.17) is 4.74 Å². The number of hydrogen-bond acceptors (Lipinski definition) is 4. The molecule has 6 unspecified atom stereocenters. The van der Waals surface area contributed by atoms with Crippen molar-refractivity contribution in [2.75, 3.05) is 6.61 Å². The Morgan fingerprint density at radius 1 is 1.13 bits per heavy atom. The van der Waals surface area contributed by atoms with Crippen molar-refractivity contribution in [1.82, 2.24) is 0 Å². The number of halogens is 2. The smallest absolute Gasteiger partial charge is 0.303 e. The lowest BCUT2D eigenvalue weighted by molar-refractivity contribution is -0.149. The van der Waals surface area contributed by atoms with Crippen LogP contribution in [-0.4, -0.2) is 24.1 Å². The number of allylic oxidation sites excluding steroid dienone is 2. The standard InChI is InChI=1S/C24H30Br2O4/c1-13(27)30-12-21(29)19-5-4-17-15-11-16(22(25)26)20-10-14(28)6-8-24(20,3)18(15)7-9-23(17,19)2/h10,15,17-19H,4-9,11-12H2,1-3H3. The molecule has 0 heterocycles. The van der Waals surface area contributed by atoms with Crippen LogP contribution in [0.1, 0.15) is 65.7 Å². The number of ketones is 2. The maximum absolute atomic E-state index is 12.9. The molecule has 4 aliphatic rings. The van der Waals surface area contributed by atoms with Crippen LogP contribution in [0.25, 0.3) is 0 Å². The first kappa shape index (κ1) is 22.4. The topological polar surface area (TPSA) is 60.4 Å². The Bertz CT molecular complexity index is 855. The lowest BCUT2D eigenvalue weighted by atomic mass is 9.46. The fourth-order valence-corrected chi connectivity index (χ4v) is 8.17. The van der Waals surface area contributed by atoms with Crippen molar-refractivity contribution in [3.05, 3.63) is 20.6 Å². The number of esters is 1. The Morgan fingerprint density at radius 3 is 2.53 bits per heavy atom. The number of carbonyl (C=O) groups is 3. The molecule has 0 bridgehead atoms. The van der Waals surface area contributed by atoms with Crippen LogP contribution >= 0.6 is 31.9 Å². The normalized spacial score (nSPS) is 40.1. The van der Waals surface area contributed by atoms with Gasteiger partial charge in [-0.1, -0.05) is 13.8 Å². The molecule has 3 saturated carbocycles. The Morgan fingerprint density at radius 2 is 1.87 bits per heavy atom. The van der Waals surface area contributed by atoms with Crippen molar-refractivity contribution in [2.24, 2.45) is 34.5 Å². The fraction of sp³-hybridized carbons (Fsp3) is 0.708. The first-order valence-corrected chi connectivity index (χ1v) is 12.6. The monoisotopic (exact) mass is 540 g/mol. The van der Waals surface area contributed by atoms with Crippen LogP contribution in [-0.2, 0) is 19.1 Å². The molecule has 164 valence electrons. The number of rotatable bonds is 3. The average molecular weight is 542 g/mol. The highest BCUT2D eigenvalue weighted by Gasteiger charge is 2.61. The summed E-state index contributed by atoms with van der Waals surface area (Å²) in [5, 5.41) is 0. The summed E-state index contributed by atoms with van der Waals surface area (Å²) < 4.78 is 6.00. The van der Waals surface area contributed by atoms with Gasteiger partial charge in [-0.3, -0.25) is 14.4 Å². The van der Waals surface area contributed by atoms with Crippen molar-refractivity contribution in [2.45, 2.75) is 65.7 Å². The third-order valence-electron chi connectivity index (χ3n) is 8.87. The average Bonchev–Trinajstić information content (AvgIpc) is 3.03. The summed E-state index contributed by atoms with van der Waals surface area (Å²) in [5.41, 5.74) is 2.42. The number of ether oxygens (including phenoxy) is 1. The Kier molecular flexibility index (Phi) is 5.98. The van der Waals surface area contributed by atoms with E-state index in [9.17, 15) is 14.4 Å². The molecule has 0 aliphatic heterocycles. The van der Waals surface area contributed by atoms with Crippen LogP contribution < -0.4 is 0 Å². The highest BCUT2D eigenvalue weighted by molar-refractivity contribution is 9.28. The first-order chi connectivity index (χ1) is 14.1. The first-order valence-electron chi connectivity index (χ1n) is 11.0. The van der Waals surface area contributed by atoms with E-state index in [1.165, 1.54) is 18.1 Å². The lowest BCUT2D eigenvalue weighted by Gasteiger charge is -2.58. The number of fused-ring (bicyclic) bond motifs is 5. The number of carbonyl (C=O) groups excluding carboxylic acids is 3. The molecule has 6 heteroatoms. The van der Waals surface area contributed by atoms with Gasteiger partial charge in [0.1, 0.15) is 6.61 Å². The van der Waals surface area contributed by atoms with Crippen molar-refractivity contribution in [1.29, 1.82) is 0 Å². The third-order valence-corrected chi connectivity index (χ3v) is 9.82. The number of hydrogen-bond donors (Lipinski definition) is 0. The Hall–Kier alpha value is -0.750. The van der Waals surface area contributed by atoms with Crippen molar-refractivity contribution < 1.29 is 19.1 Å². The van der Waals surface area contributed by atoms with E-state index >= 15 is 0 Å². The van der Waals surface area contributed by atoms with Crippen molar-refractivity contribution >= 4 is 49.4 Å². The molecule has 0 aromatic carbocycles. The second-order valence-corrected chi connectivity index (χ2v) is 12.8. The molecule has 0 saturated heterocycles. The minimum Gasteiger partial charge on any atom is -0.458 e. The van der Waals surface area contributed by atoms with E-state index in [1.807, 2.05) is 6.08 Å². The maximum atomic E-state index is 12.9. The van der Waals surface area contributed by atoms with E-state index in [0.717, 1.165) is 41.9 Å². The van der Waals surface area contributed by atoms with E-state index < -0.39 is 5.97 Å². The van der Waals surface area contributed by atoms with Gasteiger partial charge in [0.15, 0.2) is 11.6 Å². The second-order valence-electron chi connectivity index (χ2n) is 10.2. The zero-order valence-electron chi connectivity index (χ0n) is 17.9. The third kappa shape index (κ3) is 3.50. The molecule has 30 heavy (non-hydrogen) atoms. The minimum absolute atomic E-state index is 0.0140. The minimum atomic E-state index is -0.393. The van der Waals surface area contributed by atoms with E-state index in [-0.39, 0.29) is 34.9 Å². The van der Waals surface area contributed by atoms with Crippen LogP contribution in [0.4, 0.5) is 0 Å². The molecule has 4 nitrogen and oxygen atoms in total. The summed E-state index contributed by atoms with van der Waals surface area (Å²) in [6.07, 6.45) is 8.43. The van der Waals surface area contributed by atoms with Crippen LogP contribution in [0.5, 0.6) is 0 Å². The van der Waals surface area contributed by atoms with Crippen LogP contribution in [0.15, 0.2) is 20.6 Å². The van der Waals surface area contributed by atoms with Crippen LogP contribution in [0, 0.1) is 34.5 Å². The molecule has 0 aromatic heterocycles. The highest BCUT2D eigenvalue weighted by atomic mass is 79.9. The largest absolute Gasteiger partial charge is 0.458 e. The van der Waals surface area contributed by atoms with Crippen LogP contribution in [0.2, 0.25) is 0 Å². The molecule has 3 fully saturated rings. The summed E-state index contributed by atoms with van der Waals surface area (Å²) in [5.74, 6) is 1.42. The van der Waals surface area contributed by atoms with Gasteiger partial charge in [0.05, 0.1) is 3.39 Å². The predicted octanol–water partition coefficient (Wildman–Crippen LogP) is 5.88. The van der Waals surface area contributed by atoms with Gasteiger partial charge >= 0.3 is 5.97 Å². The molecule has 0 amide bonds.